The van der Waals surface area contributed by atoms with Crippen molar-refractivity contribution < 1.29 is 9.53 Å². The predicted molar refractivity (Wildman–Crippen MR) is 102 cm³/mol. The molecule has 2 aromatic carbocycles. The number of nitrogens with one attached hydrogen (secondary N) is 1. The summed E-state index contributed by atoms with van der Waals surface area (Å²) in [4.78, 5) is 16.9. The highest BCUT2D eigenvalue weighted by Gasteiger charge is 2.17. The van der Waals surface area contributed by atoms with Crippen LogP contribution < -0.4 is 5.32 Å². The van der Waals surface area contributed by atoms with Gasteiger partial charge in [0.2, 0.25) is 5.91 Å². The summed E-state index contributed by atoms with van der Waals surface area (Å²) < 4.78 is 6.84. The van der Waals surface area contributed by atoms with Crippen molar-refractivity contribution in [1.82, 2.24) is 10.3 Å². The van der Waals surface area contributed by atoms with Gasteiger partial charge in [0.05, 0.1) is 21.8 Å². The number of rotatable bonds is 7. The summed E-state index contributed by atoms with van der Waals surface area (Å²) >= 11 is 1.67. The van der Waals surface area contributed by atoms with Crippen molar-refractivity contribution in [2.75, 3.05) is 0 Å². The van der Waals surface area contributed by atoms with Gasteiger partial charge in [0, 0.05) is 12.5 Å². The minimum atomic E-state index is -0.488. The van der Waals surface area contributed by atoms with Gasteiger partial charge in [-0.2, -0.15) is 0 Å². The van der Waals surface area contributed by atoms with E-state index in [1.807, 2.05) is 55.5 Å². The molecule has 3 rings (SSSR count). The predicted octanol–water partition coefficient (Wildman–Crippen LogP) is 3.95. The van der Waals surface area contributed by atoms with Crippen LogP contribution in [0.5, 0.6) is 0 Å². The Balaban J connectivity index is 1.49. The summed E-state index contributed by atoms with van der Waals surface area (Å²) in [6.45, 7) is 4.21. The molecule has 0 saturated carbocycles. The van der Waals surface area contributed by atoms with Crippen LogP contribution >= 0.6 is 11.3 Å². The smallest absolute Gasteiger partial charge is 0.249 e. The molecule has 0 bridgehead atoms. The molecular weight excluding hydrogens is 332 g/mol. The van der Waals surface area contributed by atoms with E-state index in [2.05, 4.69) is 16.4 Å². The average molecular weight is 354 g/mol. The first-order chi connectivity index (χ1) is 12.1. The maximum atomic E-state index is 12.3. The zero-order valence-electron chi connectivity index (χ0n) is 14.4. The van der Waals surface area contributed by atoms with E-state index < -0.39 is 6.10 Å². The van der Waals surface area contributed by atoms with Gasteiger partial charge in [0.25, 0.3) is 0 Å². The van der Waals surface area contributed by atoms with Crippen molar-refractivity contribution in [2.24, 2.45) is 0 Å². The van der Waals surface area contributed by atoms with Gasteiger partial charge in [0.1, 0.15) is 6.10 Å². The highest BCUT2D eigenvalue weighted by molar-refractivity contribution is 7.18. The molecule has 0 aliphatic heterocycles. The third-order valence-corrected chi connectivity index (χ3v) is 4.98. The molecule has 1 aromatic heterocycles. The van der Waals surface area contributed by atoms with E-state index in [4.69, 9.17) is 4.74 Å². The zero-order valence-corrected chi connectivity index (χ0v) is 15.3. The van der Waals surface area contributed by atoms with Gasteiger partial charge in [-0.3, -0.25) is 4.79 Å². The second-order valence-electron chi connectivity index (χ2n) is 6.13. The molecule has 0 radical (unpaired) electrons. The van der Waals surface area contributed by atoms with Crippen LogP contribution in [-0.4, -0.2) is 23.0 Å². The number of ether oxygens (including phenoxy) is 1. The Morgan fingerprint density at radius 3 is 2.60 bits per heavy atom. The summed E-state index contributed by atoms with van der Waals surface area (Å²) in [7, 11) is 0. The summed E-state index contributed by atoms with van der Waals surface area (Å²) in [5.74, 6) is -0.0930. The fourth-order valence-corrected chi connectivity index (χ4v) is 3.65. The van der Waals surface area contributed by atoms with Gasteiger partial charge < -0.3 is 10.1 Å². The summed E-state index contributed by atoms with van der Waals surface area (Å²) in [6.07, 6.45) is 0.231. The van der Waals surface area contributed by atoms with Crippen molar-refractivity contribution in [2.45, 2.75) is 39.0 Å². The molecule has 1 amide bonds. The van der Waals surface area contributed by atoms with Gasteiger partial charge in [-0.15, -0.1) is 11.3 Å². The third kappa shape index (κ3) is 4.87. The maximum absolute atomic E-state index is 12.3. The molecule has 25 heavy (non-hydrogen) atoms. The second-order valence-corrected chi connectivity index (χ2v) is 7.24. The molecule has 5 heteroatoms. The van der Waals surface area contributed by atoms with Crippen LogP contribution in [0.4, 0.5) is 0 Å². The zero-order chi connectivity index (χ0) is 17.6. The number of thiazole rings is 1. The van der Waals surface area contributed by atoms with Crippen LogP contribution in [-0.2, 0) is 22.6 Å². The van der Waals surface area contributed by atoms with Crippen LogP contribution in [0.15, 0.2) is 54.6 Å². The number of benzene rings is 2. The van der Waals surface area contributed by atoms with Crippen molar-refractivity contribution in [3.05, 3.63) is 65.2 Å². The van der Waals surface area contributed by atoms with Gasteiger partial charge in [-0.05, 0) is 31.5 Å². The van der Waals surface area contributed by atoms with Crippen molar-refractivity contribution in [3.63, 3.8) is 0 Å². The standard InChI is InChI=1S/C20H22N2O2S/c1-14(12-19-22-17-10-6-7-11-18(17)25-19)21-20(23)15(2)24-13-16-8-4-3-5-9-16/h3-11,14-15H,12-13H2,1-2H3,(H,21,23). The lowest BCUT2D eigenvalue weighted by Gasteiger charge is -2.17. The highest BCUT2D eigenvalue weighted by Crippen LogP contribution is 2.22. The van der Waals surface area contributed by atoms with E-state index in [-0.39, 0.29) is 11.9 Å². The number of carbonyl (C=O) groups is 1. The molecule has 0 aliphatic carbocycles. The number of hydrogen-bond acceptors (Lipinski definition) is 4. The normalized spacial score (nSPS) is 13.5. The number of nitrogens with zero attached hydrogens (tertiary/aromatic N) is 1. The van der Waals surface area contributed by atoms with Crippen LogP contribution in [0.1, 0.15) is 24.4 Å². The molecule has 2 atom stereocenters. The second kappa shape index (κ2) is 8.23. The first kappa shape index (κ1) is 17.6. The topological polar surface area (TPSA) is 51.2 Å². The van der Waals surface area contributed by atoms with E-state index in [0.717, 1.165) is 22.5 Å². The van der Waals surface area contributed by atoms with Crippen LogP contribution in [0.3, 0.4) is 0 Å². The summed E-state index contributed by atoms with van der Waals surface area (Å²) in [6, 6.07) is 18.0. The lowest BCUT2D eigenvalue weighted by molar-refractivity contribution is -0.133. The largest absolute Gasteiger partial charge is 0.364 e. The number of hydrogen-bond donors (Lipinski definition) is 1. The lowest BCUT2D eigenvalue weighted by atomic mass is 10.2. The molecule has 1 N–H and O–H groups in total. The quantitative estimate of drug-likeness (QED) is 0.699. The van der Waals surface area contributed by atoms with Gasteiger partial charge in [0.15, 0.2) is 0 Å². The number of aromatic nitrogens is 1. The van der Waals surface area contributed by atoms with Crippen molar-refractivity contribution in [1.29, 1.82) is 0 Å². The third-order valence-electron chi connectivity index (χ3n) is 3.92. The fraction of sp³-hybridized carbons (Fsp3) is 0.300. The van der Waals surface area contributed by atoms with E-state index >= 15 is 0 Å². The molecule has 2 unspecified atom stereocenters. The van der Waals surface area contributed by atoms with E-state index in [9.17, 15) is 4.79 Å². The maximum Gasteiger partial charge on any atom is 0.249 e. The Hall–Kier alpha value is -2.24. The van der Waals surface area contributed by atoms with Gasteiger partial charge in [-0.25, -0.2) is 4.98 Å². The number of para-hydroxylation sites is 1. The van der Waals surface area contributed by atoms with E-state index in [0.29, 0.717) is 6.61 Å². The molecule has 0 saturated heterocycles. The number of fused-ring (bicyclic) bond motifs is 1. The first-order valence-corrected chi connectivity index (χ1v) is 9.24. The minimum Gasteiger partial charge on any atom is -0.364 e. The van der Waals surface area contributed by atoms with Crippen LogP contribution in [0.25, 0.3) is 10.2 Å². The van der Waals surface area contributed by atoms with E-state index in [1.165, 1.54) is 4.70 Å². The van der Waals surface area contributed by atoms with Gasteiger partial charge in [-0.1, -0.05) is 42.5 Å². The molecular formula is C20H22N2O2S. The lowest BCUT2D eigenvalue weighted by Crippen LogP contribution is -2.40. The molecule has 130 valence electrons. The molecule has 0 fully saturated rings. The van der Waals surface area contributed by atoms with Crippen molar-refractivity contribution >= 4 is 27.5 Å². The van der Waals surface area contributed by atoms with E-state index in [1.54, 1.807) is 18.3 Å². The minimum absolute atomic E-state index is 0.0100. The fourth-order valence-electron chi connectivity index (χ4n) is 2.55. The Morgan fingerprint density at radius 2 is 1.84 bits per heavy atom. The monoisotopic (exact) mass is 354 g/mol. The Kier molecular flexibility index (Phi) is 5.79. The summed E-state index contributed by atoms with van der Waals surface area (Å²) in [5, 5.41) is 4.05. The molecule has 3 aromatic rings. The first-order valence-electron chi connectivity index (χ1n) is 8.42. The number of carbonyl (C=O) groups excluding carboxylic acids is 1. The highest BCUT2D eigenvalue weighted by atomic mass is 32.1. The molecule has 1 heterocycles. The average Bonchev–Trinajstić information content (AvgIpc) is 3.02. The Labute approximate surface area is 151 Å². The Bertz CT molecular complexity index is 799. The summed E-state index contributed by atoms with van der Waals surface area (Å²) in [5.41, 5.74) is 2.07. The molecule has 0 aliphatic rings. The SMILES string of the molecule is CC(Cc1nc2ccccc2s1)NC(=O)C(C)OCc1ccccc1. The number of amides is 1. The van der Waals surface area contributed by atoms with Crippen molar-refractivity contribution in [3.8, 4) is 0 Å². The van der Waals surface area contributed by atoms with Crippen LogP contribution in [0, 0.1) is 0 Å². The molecule has 0 spiro atoms. The van der Waals surface area contributed by atoms with Crippen LogP contribution in [0.2, 0.25) is 0 Å². The Morgan fingerprint density at radius 1 is 1.12 bits per heavy atom. The molecule has 4 nitrogen and oxygen atoms in total. The van der Waals surface area contributed by atoms with Gasteiger partial charge >= 0.3 is 0 Å².